The van der Waals surface area contributed by atoms with E-state index in [2.05, 4.69) is 20.3 Å². The number of aromatic amines is 1. The van der Waals surface area contributed by atoms with E-state index in [1.807, 2.05) is 48.5 Å². The molecule has 1 atom stereocenters. The van der Waals surface area contributed by atoms with Crippen molar-refractivity contribution in [1.29, 1.82) is 0 Å². The SMILES string of the molecule is NC(=O)c1cc(C(=O)N[C@@H]2c3ccccc3-c3c(-c4nc5ccncc5[nH]4)cccc32)ccn1. The molecule has 0 radical (unpaired) electrons. The lowest BCUT2D eigenvalue weighted by Gasteiger charge is -2.16. The van der Waals surface area contributed by atoms with Crippen LogP contribution in [0.25, 0.3) is 33.5 Å². The Labute approximate surface area is 193 Å². The number of nitrogens with two attached hydrogens (primary N) is 1. The van der Waals surface area contributed by atoms with E-state index in [-0.39, 0.29) is 17.6 Å². The first-order chi connectivity index (χ1) is 16.6. The number of nitrogens with zero attached hydrogens (tertiary/aromatic N) is 3. The number of carbonyl (C=O) groups is 2. The summed E-state index contributed by atoms with van der Waals surface area (Å²) in [5.74, 6) is -0.267. The number of pyridine rings is 2. The normalized spacial score (nSPS) is 13.9. The maximum atomic E-state index is 13.2. The summed E-state index contributed by atoms with van der Waals surface area (Å²) in [7, 11) is 0. The molecular weight excluding hydrogens is 428 g/mol. The van der Waals surface area contributed by atoms with Crippen LogP contribution in [0.3, 0.4) is 0 Å². The number of H-pyrrole nitrogens is 1. The van der Waals surface area contributed by atoms with E-state index in [9.17, 15) is 9.59 Å². The van der Waals surface area contributed by atoms with Gasteiger partial charge in [-0.25, -0.2) is 4.98 Å². The van der Waals surface area contributed by atoms with Gasteiger partial charge in [0.1, 0.15) is 11.5 Å². The van der Waals surface area contributed by atoms with Crippen molar-refractivity contribution < 1.29 is 9.59 Å². The van der Waals surface area contributed by atoms with E-state index in [1.54, 1.807) is 18.5 Å². The second-order valence-electron chi connectivity index (χ2n) is 8.04. The molecule has 1 aliphatic rings. The average molecular weight is 446 g/mol. The van der Waals surface area contributed by atoms with Crippen LogP contribution in [-0.4, -0.2) is 31.8 Å². The molecule has 8 nitrogen and oxygen atoms in total. The lowest BCUT2D eigenvalue weighted by molar-refractivity contribution is 0.0943. The zero-order chi connectivity index (χ0) is 23.2. The summed E-state index contributed by atoms with van der Waals surface area (Å²) >= 11 is 0. The van der Waals surface area contributed by atoms with E-state index in [1.165, 1.54) is 12.3 Å². The van der Waals surface area contributed by atoms with Gasteiger partial charge in [0.15, 0.2) is 0 Å². The molecule has 0 saturated carbocycles. The van der Waals surface area contributed by atoms with Crippen LogP contribution in [0, 0.1) is 0 Å². The van der Waals surface area contributed by atoms with Crippen LogP contribution < -0.4 is 11.1 Å². The van der Waals surface area contributed by atoms with E-state index in [0.717, 1.165) is 44.7 Å². The monoisotopic (exact) mass is 446 g/mol. The lowest BCUT2D eigenvalue weighted by Crippen LogP contribution is -2.28. The molecule has 34 heavy (non-hydrogen) atoms. The molecule has 3 heterocycles. The summed E-state index contributed by atoms with van der Waals surface area (Å²) in [5, 5.41) is 3.12. The van der Waals surface area contributed by atoms with Crippen molar-refractivity contribution >= 4 is 22.8 Å². The number of rotatable bonds is 4. The summed E-state index contributed by atoms with van der Waals surface area (Å²) in [6.45, 7) is 0. The van der Waals surface area contributed by atoms with Crippen molar-refractivity contribution in [3.63, 3.8) is 0 Å². The summed E-state index contributed by atoms with van der Waals surface area (Å²) in [5.41, 5.74) is 12.3. The highest BCUT2D eigenvalue weighted by Crippen LogP contribution is 2.47. The van der Waals surface area contributed by atoms with Gasteiger partial charge in [-0.1, -0.05) is 42.5 Å². The van der Waals surface area contributed by atoms with Crippen LogP contribution in [0.2, 0.25) is 0 Å². The number of primary amides is 1. The fourth-order valence-electron chi connectivity index (χ4n) is 4.51. The average Bonchev–Trinajstić information content (AvgIpc) is 3.44. The quantitative estimate of drug-likeness (QED) is 0.389. The van der Waals surface area contributed by atoms with Gasteiger partial charge in [-0.3, -0.25) is 19.6 Å². The number of carbonyl (C=O) groups excluding carboxylic acids is 2. The van der Waals surface area contributed by atoms with E-state index < -0.39 is 5.91 Å². The molecule has 0 aliphatic heterocycles. The summed E-state index contributed by atoms with van der Waals surface area (Å²) in [6.07, 6.45) is 4.87. The number of hydrogen-bond donors (Lipinski definition) is 3. The third-order valence-corrected chi connectivity index (χ3v) is 6.04. The third-order valence-electron chi connectivity index (χ3n) is 6.04. The lowest BCUT2D eigenvalue weighted by atomic mass is 9.98. The van der Waals surface area contributed by atoms with Crippen LogP contribution >= 0.6 is 0 Å². The van der Waals surface area contributed by atoms with Gasteiger partial charge < -0.3 is 16.0 Å². The smallest absolute Gasteiger partial charge is 0.267 e. The van der Waals surface area contributed by atoms with Crippen molar-refractivity contribution in [3.05, 3.63) is 102 Å². The van der Waals surface area contributed by atoms with Crippen LogP contribution in [0.4, 0.5) is 0 Å². The topological polar surface area (TPSA) is 127 Å². The third kappa shape index (κ3) is 3.12. The second kappa shape index (κ2) is 7.63. The van der Waals surface area contributed by atoms with Crippen LogP contribution in [0.1, 0.15) is 38.0 Å². The molecule has 3 aromatic heterocycles. The number of nitrogens with one attached hydrogen (secondary N) is 2. The first-order valence-electron chi connectivity index (χ1n) is 10.7. The molecule has 2 amide bonds. The first-order valence-corrected chi connectivity index (χ1v) is 10.7. The molecule has 0 saturated heterocycles. The molecule has 6 rings (SSSR count). The molecule has 8 heteroatoms. The highest BCUT2D eigenvalue weighted by atomic mass is 16.2. The first kappa shape index (κ1) is 19.8. The fraction of sp³-hybridized carbons (Fsp3) is 0.0385. The van der Waals surface area contributed by atoms with Crippen molar-refractivity contribution in [2.24, 2.45) is 5.73 Å². The molecule has 0 fully saturated rings. The Balaban J connectivity index is 1.45. The van der Waals surface area contributed by atoms with Gasteiger partial charge in [0.2, 0.25) is 0 Å². The molecule has 2 aromatic carbocycles. The van der Waals surface area contributed by atoms with Gasteiger partial charge in [0.05, 0.1) is 23.3 Å². The van der Waals surface area contributed by atoms with Gasteiger partial charge in [0, 0.05) is 23.5 Å². The van der Waals surface area contributed by atoms with Gasteiger partial charge in [-0.2, -0.15) is 0 Å². The number of amides is 2. The van der Waals surface area contributed by atoms with E-state index in [0.29, 0.717) is 5.56 Å². The molecule has 1 aliphatic carbocycles. The summed E-state index contributed by atoms with van der Waals surface area (Å²) < 4.78 is 0. The highest BCUT2D eigenvalue weighted by Gasteiger charge is 2.32. The highest BCUT2D eigenvalue weighted by molar-refractivity contribution is 5.99. The van der Waals surface area contributed by atoms with Gasteiger partial charge in [0.25, 0.3) is 11.8 Å². The second-order valence-corrected chi connectivity index (χ2v) is 8.04. The summed E-state index contributed by atoms with van der Waals surface area (Å²) in [4.78, 5) is 40.9. The number of imidazole rings is 1. The largest absolute Gasteiger partial charge is 0.364 e. The predicted octanol–water partition coefficient (Wildman–Crippen LogP) is 3.62. The van der Waals surface area contributed by atoms with E-state index >= 15 is 0 Å². The van der Waals surface area contributed by atoms with Gasteiger partial charge in [-0.15, -0.1) is 0 Å². The standard InChI is InChI=1S/C26H18N6O2/c27-24(33)20-12-14(8-11-29-20)26(34)32-23-16-5-2-1-4-15(16)22-17(23)6-3-7-18(22)25-30-19-9-10-28-13-21(19)31-25/h1-13,23H,(H2,27,33)(H,30,31)(H,32,34)/t23-/m1/s1. The molecule has 0 bridgehead atoms. The van der Waals surface area contributed by atoms with Crippen LogP contribution in [-0.2, 0) is 0 Å². The number of hydrogen-bond acceptors (Lipinski definition) is 5. The molecule has 5 aromatic rings. The minimum absolute atomic E-state index is 0.0431. The maximum absolute atomic E-state index is 13.2. The van der Waals surface area contributed by atoms with Crippen molar-refractivity contribution in [1.82, 2.24) is 25.3 Å². The maximum Gasteiger partial charge on any atom is 0.267 e. The Kier molecular flexibility index (Phi) is 4.44. The van der Waals surface area contributed by atoms with Crippen LogP contribution in [0.5, 0.6) is 0 Å². The van der Waals surface area contributed by atoms with Crippen molar-refractivity contribution in [3.8, 4) is 22.5 Å². The van der Waals surface area contributed by atoms with E-state index in [4.69, 9.17) is 10.7 Å². The van der Waals surface area contributed by atoms with Gasteiger partial charge >= 0.3 is 0 Å². The Bertz CT molecular complexity index is 1570. The minimum Gasteiger partial charge on any atom is -0.364 e. The van der Waals surface area contributed by atoms with Crippen LogP contribution in [0.15, 0.2) is 79.3 Å². The Morgan fingerprint density at radius 3 is 2.62 bits per heavy atom. The molecular formula is C26H18N6O2. The molecule has 0 unspecified atom stereocenters. The fourth-order valence-corrected chi connectivity index (χ4v) is 4.51. The molecule has 4 N–H and O–H groups in total. The number of aromatic nitrogens is 4. The Hall–Kier alpha value is -4.85. The Morgan fingerprint density at radius 2 is 1.76 bits per heavy atom. The number of fused-ring (bicyclic) bond motifs is 4. The van der Waals surface area contributed by atoms with Gasteiger partial charge in [-0.05, 0) is 40.5 Å². The molecule has 164 valence electrons. The molecule has 0 spiro atoms. The minimum atomic E-state index is -0.683. The number of benzene rings is 2. The summed E-state index contributed by atoms with van der Waals surface area (Å²) in [6, 6.07) is 18.4. The van der Waals surface area contributed by atoms with Crippen molar-refractivity contribution in [2.75, 3.05) is 0 Å². The Morgan fingerprint density at radius 1 is 0.941 bits per heavy atom. The zero-order valence-corrected chi connectivity index (χ0v) is 17.8. The zero-order valence-electron chi connectivity index (χ0n) is 17.8. The van der Waals surface area contributed by atoms with Crippen molar-refractivity contribution in [2.45, 2.75) is 6.04 Å². The predicted molar refractivity (Wildman–Crippen MR) is 127 cm³/mol.